The molecule has 2 bridgehead atoms. The molecule has 2 aliphatic heterocycles. The Morgan fingerprint density at radius 3 is 2.80 bits per heavy atom. The zero-order valence-electron chi connectivity index (χ0n) is 19.5. The number of pyridine rings is 1. The van der Waals surface area contributed by atoms with Crippen molar-refractivity contribution in [2.24, 2.45) is 13.0 Å². The molecule has 1 aromatic carbocycles. The van der Waals surface area contributed by atoms with Gasteiger partial charge in [-0.15, -0.1) is 11.3 Å². The normalized spacial score (nSPS) is 21.2. The summed E-state index contributed by atoms with van der Waals surface area (Å²) in [4.78, 5) is 32.8. The summed E-state index contributed by atoms with van der Waals surface area (Å²) in [6, 6.07) is 9.25. The van der Waals surface area contributed by atoms with Crippen LogP contribution in [0.1, 0.15) is 16.9 Å². The number of benzene rings is 1. The van der Waals surface area contributed by atoms with Crippen molar-refractivity contribution in [3.63, 3.8) is 0 Å². The third-order valence-corrected chi connectivity index (χ3v) is 8.45. The fourth-order valence-electron chi connectivity index (χ4n) is 5.30. The molecule has 0 saturated carbocycles. The molecule has 3 aromatic heterocycles. The van der Waals surface area contributed by atoms with Crippen LogP contribution in [0.4, 0.5) is 0 Å². The molecular weight excluding hydrogens is 484 g/mol. The Bertz CT molecular complexity index is 1570. The van der Waals surface area contributed by atoms with Crippen LogP contribution in [-0.2, 0) is 13.6 Å². The van der Waals surface area contributed by atoms with Crippen LogP contribution in [-0.4, -0.2) is 44.8 Å². The van der Waals surface area contributed by atoms with Crippen molar-refractivity contribution in [1.82, 2.24) is 19.0 Å². The molecule has 3 unspecified atom stereocenters. The maximum absolute atomic E-state index is 12.5. The zero-order chi connectivity index (χ0) is 24.3. The monoisotopic (exact) mass is 508 g/mol. The van der Waals surface area contributed by atoms with Crippen molar-refractivity contribution in [3.05, 3.63) is 79.0 Å². The van der Waals surface area contributed by atoms with E-state index in [0.717, 1.165) is 57.2 Å². The van der Waals surface area contributed by atoms with Crippen LogP contribution in [0.15, 0.2) is 52.3 Å². The first kappa shape index (κ1) is 22.5. The molecule has 0 amide bonds. The summed E-state index contributed by atoms with van der Waals surface area (Å²) in [5.41, 5.74) is 3.10. The van der Waals surface area contributed by atoms with E-state index in [9.17, 15) is 9.59 Å². The first-order valence-corrected chi connectivity index (χ1v) is 12.9. The van der Waals surface area contributed by atoms with Crippen LogP contribution < -0.4 is 16.0 Å². The number of aromatic nitrogens is 3. The first-order valence-electron chi connectivity index (χ1n) is 11.7. The fourth-order valence-corrected chi connectivity index (χ4v) is 6.70. The molecule has 0 spiro atoms. The van der Waals surface area contributed by atoms with Gasteiger partial charge in [0.1, 0.15) is 11.9 Å². The number of halogens is 1. The molecular formula is C26H25ClN4O3S. The summed E-state index contributed by atoms with van der Waals surface area (Å²) in [5, 5.41) is 0.655. The van der Waals surface area contributed by atoms with Crippen LogP contribution in [0.5, 0.6) is 5.75 Å². The number of hydrogen-bond acceptors (Lipinski definition) is 6. The van der Waals surface area contributed by atoms with Crippen molar-refractivity contribution in [1.29, 1.82) is 0 Å². The van der Waals surface area contributed by atoms with E-state index in [1.54, 1.807) is 13.2 Å². The number of fused-ring (bicyclic) bond motifs is 3. The molecule has 4 aromatic rings. The van der Waals surface area contributed by atoms with E-state index in [1.807, 2.05) is 31.2 Å². The van der Waals surface area contributed by atoms with Crippen LogP contribution in [0.25, 0.3) is 21.3 Å². The molecule has 7 nitrogen and oxygen atoms in total. The van der Waals surface area contributed by atoms with E-state index >= 15 is 0 Å². The predicted molar refractivity (Wildman–Crippen MR) is 139 cm³/mol. The van der Waals surface area contributed by atoms with Crippen molar-refractivity contribution >= 4 is 33.2 Å². The van der Waals surface area contributed by atoms with E-state index in [2.05, 4.69) is 9.88 Å². The Kier molecular flexibility index (Phi) is 5.55. The molecule has 180 valence electrons. The summed E-state index contributed by atoms with van der Waals surface area (Å²) in [7, 11) is 1.64. The van der Waals surface area contributed by atoms with Crippen molar-refractivity contribution in [2.45, 2.75) is 26.0 Å². The molecule has 2 aliphatic rings. The first-order chi connectivity index (χ1) is 16.9. The van der Waals surface area contributed by atoms with Gasteiger partial charge in [-0.3, -0.25) is 19.2 Å². The minimum Gasteiger partial charge on any atom is -0.488 e. The molecule has 0 N–H and O–H groups in total. The molecule has 2 saturated heterocycles. The standard InChI is InChI=1S/C26H25ClN4O3S/c1-15-9-17(27)10-20(24(15)34-22-14-30-8-4-16(22)12-30)19-3-6-28-21-11-18(35-25(19)21)13-31-23(32)5-7-29(2)26(31)33/h3,5-7,9-11,16,22H,4,8,12-14H2,1-2H3. The summed E-state index contributed by atoms with van der Waals surface area (Å²) < 4.78 is 10.3. The van der Waals surface area contributed by atoms with Gasteiger partial charge in [-0.1, -0.05) is 11.6 Å². The molecule has 9 heteroatoms. The average Bonchev–Trinajstić information content (AvgIpc) is 3.56. The Balaban J connectivity index is 1.43. The fraction of sp³-hybridized carbons (Fsp3) is 0.346. The summed E-state index contributed by atoms with van der Waals surface area (Å²) in [5.74, 6) is 1.43. The van der Waals surface area contributed by atoms with E-state index < -0.39 is 0 Å². The lowest BCUT2D eigenvalue weighted by atomic mass is 10.00. The van der Waals surface area contributed by atoms with Crippen LogP contribution in [0, 0.1) is 12.8 Å². The average molecular weight is 509 g/mol. The van der Waals surface area contributed by atoms with Gasteiger partial charge in [-0.2, -0.15) is 0 Å². The second-order valence-electron chi connectivity index (χ2n) is 9.48. The molecule has 0 aliphatic carbocycles. The SMILES string of the molecule is Cc1cc(Cl)cc(-c2ccnc3cc(Cn4c(=O)ccn(C)c4=O)sc23)c1OC1CN2CCC1C2. The van der Waals surface area contributed by atoms with Gasteiger partial charge in [0.15, 0.2) is 0 Å². The minimum absolute atomic E-state index is 0.180. The van der Waals surface area contributed by atoms with Gasteiger partial charge in [0.25, 0.3) is 5.56 Å². The van der Waals surface area contributed by atoms with Crippen LogP contribution >= 0.6 is 22.9 Å². The van der Waals surface area contributed by atoms with Crippen molar-refractivity contribution < 1.29 is 4.74 Å². The number of aryl methyl sites for hydroxylation is 2. The molecule has 5 heterocycles. The Morgan fingerprint density at radius 2 is 2.03 bits per heavy atom. The van der Waals surface area contributed by atoms with E-state index in [1.165, 1.54) is 39.2 Å². The van der Waals surface area contributed by atoms with E-state index in [4.69, 9.17) is 16.3 Å². The minimum atomic E-state index is -0.342. The van der Waals surface area contributed by atoms with Gasteiger partial charge in [0.2, 0.25) is 0 Å². The largest absolute Gasteiger partial charge is 0.488 e. The lowest BCUT2D eigenvalue weighted by Crippen LogP contribution is -2.37. The number of rotatable bonds is 5. The number of piperidine rings is 1. The highest BCUT2D eigenvalue weighted by atomic mass is 35.5. The van der Waals surface area contributed by atoms with E-state index in [-0.39, 0.29) is 23.9 Å². The second-order valence-corrected chi connectivity index (χ2v) is 11.1. The zero-order valence-corrected chi connectivity index (χ0v) is 21.1. The molecule has 3 atom stereocenters. The lowest BCUT2D eigenvalue weighted by molar-refractivity contribution is 0.141. The van der Waals surface area contributed by atoms with E-state index in [0.29, 0.717) is 10.9 Å². The quantitative estimate of drug-likeness (QED) is 0.409. The molecule has 2 fully saturated rings. The highest BCUT2D eigenvalue weighted by molar-refractivity contribution is 7.19. The summed E-state index contributed by atoms with van der Waals surface area (Å²) in [6.45, 7) is 5.46. The third kappa shape index (κ3) is 3.99. The topological polar surface area (TPSA) is 69.4 Å². The number of hydrogen-bond donors (Lipinski definition) is 0. The Labute approximate surface area is 211 Å². The van der Waals surface area contributed by atoms with Gasteiger partial charge in [-0.05, 0) is 49.7 Å². The highest BCUT2D eigenvalue weighted by Crippen LogP contribution is 2.43. The molecule has 6 rings (SSSR count). The maximum atomic E-state index is 12.5. The maximum Gasteiger partial charge on any atom is 0.331 e. The van der Waals surface area contributed by atoms with Gasteiger partial charge >= 0.3 is 5.69 Å². The number of thiophene rings is 1. The predicted octanol–water partition coefficient (Wildman–Crippen LogP) is 3.92. The van der Waals surface area contributed by atoms with Gasteiger partial charge in [0, 0.05) is 65.5 Å². The third-order valence-electron chi connectivity index (χ3n) is 7.09. The van der Waals surface area contributed by atoms with Crippen molar-refractivity contribution in [3.8, 4) is 16.9 Å². The highest BCUT2D eigenvalue weighted by Gasteiger charge is 2.40. The number of nitrogens with zero attached hydrogens (tertiary/aromatic N) is 4. The van der Waals surface area contributed by atoms with Gasteiger partial charge < -0.3 is 9.30 Å². The van der Waals surface area contributed by atoms with Gasteiger partial charge in [0.05, 0.1) is 16.8 Å². The molecule has 0 radical (unpaired) electrons. The summed E-state index contributed by atoms with van der Waals surface area (Å²) >= 11 is 8.05. The lowest BCUT2D eigenvalue weighted by Gasteiger charge is -2.26. The van der Waals surface area contributed by atoms with Gasteiger partial charge in [-0.25, -0.2) is 4.79 Å². The van der Waals surface area contributed by atoms with Crippen LogP contribution in [0.2, 0.25) is 5.02 Å². The number of ether oxygens (including phenoxy) is 1. The Hall–Kier alpha value is -2.94. The summed E-state index contributed by atoms with van der Waals surface area (Å²) in [6.07, 6.45) is 4.63. The smallest absolute Gasteiger partial charge is 0.331 e. The van der Waals surface area contributed by atoms with Crippen molar-refractivity contribution in [2.75, 3.05) is 19.6 Å². The van der Waals surface area contributed by atoms with Crippen LogP contribution in [0.3, 0.4) is 0 Å². The Morgan fingerprint density at radius 1 is 1.17 bits per heavy atom. The molecule has 35 heavy (non-hydrogen) atoms. The second kappa shape index (κ2) is 8.62.